The summed E-state index contributed by atoms with van der Waals surface area (Å²) in [4.78, 5) is 24.0. The molecule has 100 valence electrons. The molecule has 4 atom stereocenters. The number of nitro groups is 2. The minimum absolute atomic E-state index is 0.222. The lowest BCUT2D eigenvalue weighted by Crippen LogP contribution is -2.72. The van der Waals surface area contributed by atoms with Gasteiger partial charge in [0, 0.05) is 15.8 Å². The Morgan fingerprint density at radius 3 is 2.33 bits per heavy atom. The molecule has 0 amide bonds. The number of hydrogen-bond donors (Lipinski definition) is 0. The lowest BCUT2D eigenvalue weighted by atomic mass is 9.60. The molecule has 0 aromatic carbocycles. The van der Waals surface area contributed by atoms with Crippen molar-refractivity contribution < 1.29 is 9.85 Å². The van der Waals surface area contributed by atoms with Gasteiger partial charge in [-0.2, -0.15) is 0 Å². The summed E-state index contributed by atoms with van der Waals surface area (Å²) in [5, 5.41) is 23.0. The van der Waals surface area contributed by atoms with Crippen LogP contribution in [0.1, 0.15) is 13.8 Å². The second-order valence-corrected chi connectivity index (χ2v) is 5.54. The van der Waals surface area contributed by atoms with E-state index in [0.29, 0.717) is 0 Å². The van der Waals surface area contributed by atoms with Crippen LogP contribution in [0.4, 0.5) is 0 Å². The lowest BCUT2D eigenvalue weighted by molar-refractivity contribution is -0.640. The van der Waals surface area contributed by atoms with E-state index in [9.17, 15) is 20.2 Å². The molecule has 0 N–H and O–H groups in total. The van der Waals surface area contributed by atoms with Crippen molar-refractivity contribution in [1.82, 2.24) is 4.90 Å². The minimum Gasteiger partial charge on any atom is -0.292 e. The van der Waals surface area contributed by atoms with Gasteiger partial charge in [-0.15, -0.1) is 0 Å². The van der Waals surface area contributed by atoms with Gasteiger partial charge in [-0.1, -0.05) is 13.0 Å². The van der Waals surface area contributed by atoms with E-state index in [-0.39, 0.29) is 28.9 Å². The minimum atomic E-state index is -1.34. The third-order valence-corrected chi connectivity index (χ3v) is 4.69. The van der Waals surface area contributed by atoms with Crippen molar-refractivity contribution in [3.05, 3.63) is 32.4 Å². The molecule has 7 nitrogen and oxygen atoms in total. The number of likely N-dealkylation sites (tertiary alicyclic amines) is 1. The summed E-state index contributed by atoms with van der Waals surface area (Å²) in [5.74, 6) is -0.926. The molecule has 18 heavy (non-hydrogen) atoms. The molecule has 2 aliphatic rings. The fraction of sp³-hybridized carbons (Fsp3) is 0.818. The summed E-state index contributed by atoms with van der Waals surface area (Å²) in [6.07, 6.45) is 3.19. The Labute approximate surface area is 105 Å². The Bertz CT molecular complexity index is 438. The molecule has 1 saturated heterocycles. The highest BCUT2D eigenvalue weighted by Gasteiger charge is 2.70. The highest BCUT2D eigenvalue weighted by molar-refractivity contribution is 5.22. The average Bonchev–Trinajstić information content (AvgIpc) is 2.26. The van der Waals surface area contributed by atoms with Crippen LogP contribution < -0.4 is 0 Å². The van der Waals surface area contributed by atoms with Gasteiger partial charge < -0.3 is 0 Å². The maximum absolute atomic E-state index is 11.5. The normalized spacial score (nSPS) is 43.7. The van der Waals surface area contributed by atoms with E-state index >= 15 is 0 Å². The molecule has 2 rings (SSSR count). The lowest BCUT2D eigenvalue weighted by Gasteiger charge is -2.49. The van der Waals surface area contributed by atoms with Gasteiger partial charge in [-0.25, -0.2) is 0 Å². The quantitative estimate of drug-likeness (QED) is 0.413. The fourth-order valence-corrected chi connectivity index (χ4v) is 3.50. The van der Waals surface area contributed by atoms with Crippen LogP contribution in [-0.2, 0) is 0 Å². The van der Waals surface area contributed by atoms with E-state index in [1.54, 1.807) is 37.9 Å². The maximum Gasteiger partial charge on any atom is 0.262 e. The summed E-state index contributed by atoms with van der Waals surface area (Å²) >= 11 is 0. The Hall–Kier alpha value is -1.50. The van der Waals surface area contributed by atoms with Crippen molar-refractivity contribution in [2.24, 2.45) is 11.8 Å². The van der Waals surface area contributed by atoms with Crippen molar-refractivity contribution in [2.45, 2.75) is 24.9 Å². The van der Waals surface area contributed by atoms with Gasteiger partial charge in [0.05, 0.1) is 13.1 Å². The van der Waals surface area contributed by atoms with Crippen LogP contribution >= 0.6 is 0 Å². The molecular formula is C11H17N3O4. The molecule has 0 radical (unpaired) electrons. The molecule has 1 aliphatic carbocycles. The zero-order chi connectivity index (χ0) is 13.7. The van der Waals surface area contributed by atoms with E-state index in [1.807, 2.05) is 0 Å². The van der Waals surface area contributed by atoms with Crippen LogP contribution in [0.3, 0.4) is 0 Å². The van der Waals surface area contributed by atoms with Gasteiger partial charge in [0.2, 0.25) is 5.54 Å². The van der Waals surface area contributed by atoms with Gasteiger partial charge in [0.25, 0.3) is 5.54 Å². The van der Waals surface area contributed by atoms with Crippen LogP contribution in [0.5, 0.6) is 0 Å². The molecule has 7 heteroatoms. The maximum atomic E-state index is 11.5. The standard InChI is InChI=1S/C11H17N3O4/c1-8-4-5-10(13(15)16)6-12(3)7-11(8,9(10)2)14(17)18/h4-5,8-9H,6-7H2,1-3H3/t8-,9+,10-,11+/m0/s1. The summed E-state index contributed by atoms with van der Waals surface area (Å²) in [7, 11) is 1.70. The number of piperidine rings is 1. The van der Waals surface area contributed by atoms with E-state index in [1.165, 1.54) is 0 Å². The Morgan fingerprint density at radius 2 is 1.83 bits per heavy atom. The third kappa shape index (κ3) is 1.33. The van der Waals surface area contributed by atoms with E-state index in [2.05, 4.69) is 0 Å². The van der Waals surface area contributed by atoms with E-state index in [4.69, 9.17) is 0 Å². The topological polar surface area (TPSA) is 89.5 Å². The molecule has 0 aromatic heterocycles. The van der Waals surface area contributed by atoms with Crippen LogP contribution in [0.15, 0.2) is 12.2 Å². The highest BCUT2D eigenvalue weighted by Crippen LogP contribution is 2.47. The summed E-state index contributed by atoms with van der Waals surface area (Å²) in [5.41, 5.74) is -2.61. The Balaban J connectivity index is 2.63. The number of likely N-dealkylation sites (N-methyl/N-ethyl adjacent to an activating group) is 1. The van der Waals surface area contributed by atoms with Crippen molar-refractivity contribution in [1.29, 1.82) is 0 Å². The van der Waals surface area contributed by atoms with Gasteiger partial charge in [-0.05, 0) is 20.0 Å². The molecule has 1 heterocycles. The second-order valence-electron chi connectivity index (χ2n) is 5.54. The second kappa shape index (κ2) is 3.74. The number of hydrogen-bond acceptors (Lipinski definition) is 5. The summed E-state index contributed by atoms with van der Waals surface area (Å²) in [6.45, 7) is 3.87. The molecule has 2 bridgehead atoms. The van der Waals surface area contributed by atoms with E-state index < -0.39 is 17.0 Å². The molecule has 1 fully saturated rings. The van der Waals surface area contributed by atoms with Crippen LogP contribution in [0.25, 0.3) is 0 Å². The van der Waals surface area contributed by atoms with Gasteiger partial charge in [0.15, 0.2) is 0 Å². The summed E-state index contributed by atoms with van der Waals surface area (Å²) < 4.78 is 0. The highest BCUT2D eigenvalue weighted by atomic mass is 16.6. The van der Waals surface area contributed by atoms with Crippen molar-refractivity contribution in [3.8, 4) is 0 Å². The first-order valence-electron chi connectivity index (χ1n) is 5.94. The molecule has 0 saturated carbocycles. The van der Waals surface area contributed by atoms with Crippen molar-refractivity contribution >= 4 is 0 Å². The fourth-order valence-electron chi connectivity index (χ4n) is 3.50. The molecular weight excluding hydrogens is 238 g/mol. The Morgan fingerprint density at radius 1 is 1.22 bits per heavy atom. The first-order chi connectivity index (χ1) is 8.27. The average molecular weight is 255 g/mol. The predicted octanol–water partition coefficient (Wildman–Crippen LogP) is 0.805. The van der Waals surface area contributed by atoms with Gasteiger partial charge in [0.1, 0.15) is 5.92 Å². The van der Waals surface area contributed by atoms with Gasteiger partial charge in [-0.3, -0.25) is 25.1 Å². The first-order valence-corrected chi connectivity index (χ1v) is 5.94. The smallest absolute Gasteiger partial charge is 0.262 e. The van der Waals surface area contributed by atoms with Crippen LogP contribution in [0.2, 0.25) is 0 Å². The third-order valence-electron chi connectivity index (χ3n) is 4.69. The zero-order valence-electron chi connectivity index (χ0n) is 10.7. The number of nitrogens with zero attached hydrogens (tertiary/aromatic N) is 3. The Kier molecular flexibility index (Phi) is 2.69. The van der Waals surface area contributed by atoms with Crippen molar-refractivity contribution in [3.63, 3.8) is 0 Å². The molecule has 0 spiro atoms. The van der Waals surface area contributed by atoms with E-state index in [0.717, 1.165) is 0 Å². The van der Waals surface area contributed by atoms with Crippen molar-refractivity contribution in [2.75, 3.05) is 20.1 Å². The molecule has 1 aliphatic heterocycles. The van der Waals surface area contributed by atoms with Gasteiger partial charge >= 0.3 is 0 Å². The number of rotatable bonds is 2. The number of fused-ring (bicyclic) bond motifs is 2. The predicted molar refractivity (Wildman–Crippen MR) is 64.4 cm³/mol. The summed E-state index contributed by atoms with van der Waals surface area (Å²) in [6, 6.07) is 0. The SMILES string of the molecule is C[C@H]1C=C[C@]2([N+](=O)[O-])CN(C)C[C@]1([N+](=O)[O-])[C@@H]2C. The molecule has 0 aromatic rings. The monoisotopic (exact) mass is 255 g/mol. The zero-order valence-corrected chi connectivity index (χ0v) is 10.7. The first kappa shape index (κ1) is 12.9. The molecule has 0 unspecified atom stereocenters. The van der Waals surface area contributed by atoms with Crippen LogP contribution in [0, 0.1) is 32.1 Å². The largest absolute Gasteiger partial charge is 0.292 e. The van der Waals surface area contributed by atoms with Crippen LogP contribution in [-0.4, -0.2) is 46.0 Å².